The number of rotatable bonds is 10. The molecule has 3 heterocycles. The van der Waals surface area contributed by atoms with Crippen LogP contribution in [0.3, 0.4) is 0 Å². The van der Waals surface area contributed by atoms with Crippen LogP contribution in [0, 0.1) is 6.33 Å². The van der Waals surface area contributed by atoms with E-state index in [0.717, 1.165) is 74.6 Å². The van der Waals surface area contributed by atoms with Crippen LogP contribution in [0.5, 0.6) is 11.5 Å². The number of fused-ring (bicyclic) bond motifs is 3. The van der Waals surface area contributed by atoms with Gasteiger partial charge in [0.05, 0.1) is 22.4 Å². The van der Waals surface area contributed by atoms with E-state index in [-0.39, 0.29) is 10.8 Å². The molecule has 9 aromatic rings. The van der Waals surface area contributed by atoms with Crippen LogP contribution in [-0.2, 0) is 10.8 Å². The Morgan fingerprint density at radius 2 is 1.27 bits per heavy atom. The van der Waals surface area contributed by atoms with Crippen molar-refractivity contribution in [2.24, 2.45) is 0 Å². The molecule has 0 N–H and O–H groups in total. The Morgan fingerprint density at radius 1 is 0.613 bits per heavy atom. The van der Waals surface area contributed by atoms with Gasteiger partial charge < -0.3 is 4.74 Å². The van der Waals surface area contributed by atoms with Crippen molar-refractivity contribution in [2.45, 2.75) is 85.0 Å². The summed E-state index contributed by atoms with van der Waals surface area (Å²) < 4.78 is 13.2. The van der Waals surface area contributed by atoms with E-state index in [9.17, 15) is 0 Å². The van der Waals surface area contributed by atoms with Crippen molar-refractivity contribution < 1.29 is 9.30 Å². The molecule has 0 spiro atoms. The molecule has 0 aliphatic heterocycles. The fourth-order valence-electron chi connectivity index (χ4n) is 8.78. The summed E-state index contributed by atoms with van der Waals surface area (Å²) in [6.45, 7) is 18.3. The number of hydrogen-bond acceptors (Lipinski definition) is 2. The SMILES string of the molecule is CCC(CC)c1ccnc(-n2c3ccccc3c3ccc(Oc4cccc(-n5[c-][n+](-c6c(-c7ccccc7)cccc6-c6cc(C(C)(C)C)cc(C(C)(C)C)c6)cc5)c4)cc32)c1. The summed E-state index contributed by atoms with van der Waals surface area (Å²) in [5, 5.41) is 2.36. The van der Waals surface area contributed by atoms with Crippen LogP contribution in [0.25, 0.3) is 61.3 Å². The number of imidazole rings is 1. The van der Waals surface area contributed by atoms with Crippen LogP contribution in [-0.4, -0.2) is 14.1 Å². The zero-order valence-corrected chi connectivity index (χ0v) is 37.3. The Labute approximate surface area is 366 Å². The van der Waals surface area contributed by atoms with Gasteiger partial charge in [-0.1, -0.05) is 146 Å². The third-order valence-corrected chi connectivity index (χ3v) is 12.4. The Bertz CT molecular complexity index is 3010. The lowest BCUT2D eigenvalue weighted by molar-refractivity contribution is -0.598. The van der Waals surface area contributed by atoms with Crippen molar-refractivity contribution in [1.29, 1.82) is 0 Å². The van der Waals surface area contributed by atoms with E-state index in [1.807, 2.05) is 22.9 Å². The van der Waals surface area contributed by atoms with E-state index in [0.29, 0.717) is 5.92 Å². The minimum atomic E-state index is -0.0110. The summed E-state index contributed by atoms with van der Waals surface area (Å²) >= 11 is 0. The Morgan fingerprint density at radius 3 is 2.00 bits per heavy atom. The normalized spacial score (nSPS) is 12.1. The first-order valence-corrected chi connectivity index (χ1v) is 22.0. The first kappa shape index (κ1) is 40.7. The van der Waals surface area contributed by atoms with Crippen LogP contribution < -0.4 is 9.30 Å². The molecule has 0 unspecified atom stereocenters. The van der Waals surface area contributed by atoms with Gasteiger partial charge in [0, 0.05) is 35.4 Å². The molecule has 0 aliphatic carbocycles. The fraction of sp³-hybridized carbons (Fsp3) is 0.228. The van der Waals surface area contributed by atoms with Crippen molar-refractivity contribution in [1.82, 2.24) is 14.1 Å². The molecule has 0 atom stereocenters. The van der Waals surface area contributed by atoms with Crippen molar-refractivity contribution in [3.05, 3.63) is 187 Å². The molecule has 3 aromatic heterocycles. The Balaban J connectivity index is 1.10. The average Bonchev–Trinajstić information content (AvgIpc) is 3.90. The van der Waals surface area contributed by atoms with Gasteiger partial charge >= 0.3 is 0 Å². The van der Waals surface area contributed by atoms with E-state index in [1.54, 1.807) is 0 Å². The van der Waals surface area contributed by atoms with E-state index in [4.69, 9.17) is 9.72 Å². The predicted octanol–water partition coefficient (Wildman–Crippen LogP) is 14.7. The Kier molecular flexibility index (Phi) is 10.7. The number of pyridine rings is 1. The third-order valence-electron chi connectivity index (χ3n) is 12.4. The van der Waals surface area contributed by atoms with Crippen LogP contribution in [0.4, 0.5) is 0 Å². The van der Waals surface area contributed by atoms with Crippen LogP contribution >= 0.6 is 0 Å². The molecule has 0 aliphatic rings. The van der Waals surface area contributed by atoms with Crippen LogP contribution in [0.1, 0.15) is 90.8 Å². The summed E-state index contributed by atoms with van der Waals surface area (Å²) in [6.07, 6.45) is 12.0. The van der Waals surface area contributed by atoms with Crippen molar-refractivity contribution >= 4 is 21.8 Å². The number of aromatic nitrogens is 4. The second-order valence-electron chi connectivity index (χ2n) is 18.6. The monoisotopic (exact) mass is 812 g/mol. The van der Waals surface area contributed by atoms with Crippen LogP contribution in [0.15, 0.2) is 164 Å². The smallest absolute Gasteiger partial charge is 0.268 e. The fourth-order valence-corrected chi connectivity index (χ4v) is 8.78. The molecule has 0 bridgehead atoms. The molecule has 9 rings (SSSR count). The molecule has 5 nitrogen and oxygen atoms in total. The highest BCUT2D eigenvalue weighted by Crippen LogP contribution is 2.39. The van der Waals surface area contributed by atoms with Gasteiger partial charge in [-0.15, -0.1) is 0 Å². The van der Waals surface area contributed by atoms with E-state index in [1.165, 1.54) is 27.6 Å². The number of para-hydroxylation sites is 2. The minimum Gasteiger partial charge on any atom is -0.458 e. The van der Waals surface area contributed by atoms with Gasteiger partial charge in [-0.3, -0.25) is 13.7 Å². The predicted molar refractivity (Wildman–Crippen MR) is 256 cm³/mol. The lowest BCUT2D eigenvalue weighted by Gasteiger charge is -2.27. The molecule has 310 valence electrons. The highest BCUT2D eigenvalue weighted by Gasteiger charge is 2.24. The minimum absolute atomic E-state index is 0.0110. The zero-order valence-electron chi connectivity index (χ0n) is 37.3. The lowest BCUT2D eigenvalue weighted by Crippen LogP contribution is -2.30. The maximum absolute atomic E-state index is 6.69. The number of benzene rings is 6. The second kappa shape index (κ2) is 16.3. The summed E-state index contributed by atoms with van der Waals surface area (Å²) in [7, 11) is 0. The van der Waals surface area contributed by atoms with Crippen molar-refractivity contribution in [2.75, 3.05) is 0 Å². The number of ether oxygens (including phenoxy) is 1. The maximum Gasteiger partial charge on any atom is 0.268 e. The van der Waals surface area contributed by atoms with Crippen molar-refractivity contribution in [3.8, 4) is 50.9 Å². The largest absolute Gasteiger partial charge is 0.458 e. The summed E-state index contributed by atoms with van der Waals surface area (Å²) in [6, 6.07) is 52.0. The van der Waals surface area contributed by atoms with Gasteiger partial charge in [0.1, 0.15) is 17.3 Å². The summed E-state index contributed by atoms with van der Waals surface area (Å²) in [5.74, 6) is 2.92. The molecular formula is C57H56N4O. The molecule has 0 amide bonds. The lowest BCUT2D eigenvalue weighted by atomic mass is 9.78. The standard InChI is InChI=1S/C57H56N4O/c1-9-39(10-2)41-28-29-58-54(34-41)61-52-25-15-14-22-50(52)51-27-26-47(37-53(51)61)62-46-21-16-20-45(36-46)59-30-31-60(38-59)55-48(40-18-12-11-13-19-40)23-17-24-49(55)42-32-43(56(3,4)5)35-44(33-42)57(6,7)8/h11-37,39H,9-10H2,1-8H3. The summed E-state index contributed by atoms with van der Waals surface area (Å²) in [4.78, 5) is 4.90. The Hall–Kier alpha value is -6.72. The first-order valence-electron chi connectivity index (χ1n) is 22.0. The van der Waals surface area contributed by atoms with E-state index in [2.05, 4.69) is 217 Å². The molecule has 62 heavy (non-hydrogen) atoms. The number of hydrogen-bond donors (Lipinski definition) is 0. The molecule has 5 heteroatoms. The highest BCUT2D eigenvalue weighted by atomic mass is 16.5. The zero-order chi connectivity index (χ0) is 43.2. The van der Waals surface area contributed by atoms with E-state index >= 15 is 0 Å². The average molecular weight is 813 g/mol. The summed E-state index contributed by atoms with van der Waals surface area (Å²) in [5.41, 5.74) is 12.8. The van der Waals surface area contributed by atoms with E-state index < -0.39 is 0 Å². The van der Waals surface area contributed by atoms with Crippen LogP contribution in [0.2, 0.25) is 0 Å². The first-order chi connectivity index (χ1) is 29.9. The van der Waals surface area contributed by atoms with Gasteiger partial charge in [-0.2, -0.15) is 0 Å². The topological polar surface area (TPSA) is 35.9 Å². The van der Waals surface area contributed by atoms with Gasteiger partial charge in [0.25, 0.3) is 6.33 Å². The maximum atomic E-state index is 6.69. The van der Waals surface area contributed by atoms with Gasteiger partial charge in [-0.05, 0) is 117 Å². The molecule has 6 aromatic carbocycles. The second-order valence-corrected chi connectivity index (χ2v) is 18.6. The third kappa shape index (κ3) is 7.84. The van der Waals surface area contributed by atoms with Gasteiger partial charge in [-0.25, -0.2) is 4.98 Å². The van der Waals surface area contributed by atoms with Gasteiger partial charge in [0.15, 0.2) is 0 Å². The molecular weight excluding hydrogens is 757 g/mol. The molecule has 0 saturated carbocycles. The number of nitrogens with zero attached hydrogens (tertiary/aromatic N) is 4. The van der Waals surface area contributed by atoms with Crippen molar-refractivity contribution in [3.63, 3.8) is 0 Å². The quantitative estimate of drug-likeness (QED) is 0.102. The molecule has 0 saturated heterocycles. The molecule has 0 radical (unpaired) electrons. The highest BCUT2D eigenvalue weighted by molar-refractivity contribution is 6.09. The van der Waals surface area contributed by atoms with Gasteiger partial charge in [0.2, 0.25) is 0 Å². The molecule has 0 fully saturated rings.